The van der Waals surface area contributed by atoms with E-state index in [0.29, 0.717) is 21.7 Å². The van der Waals surface area contributed by atoms with Gasteiger partial charge in [0.15, 0.2) is 5.15 Å². The van der Waals surface area contributed by atoms with E-state index < -0.39 is 0 Å². The van der Waals surface area contributed by atoms with Crippen molar-refractivity contribution in [3.8, 4) is 11.8 Å². The molecular formula is C15H15Cl2N3. The van der Waals surface area contributed by atoms with Crippen LogP contribution in [0.25, 0.3) is 5.69 Å². The Kier molecular flexibility index (Phi) is 4.37. The third-order valence-electron chi connectivity index (χ3n) is 3.01. The predicted octanol–water partition coefficient (Wildman–Crippen LogP) is 4.56. The van der Waals surface area contributed by atoms with Gasteiger partial charge in [0.1, 0.15) is 11.6 Å². The smallest absolute Gasteiger partial charge is 0.150 e. The summed E-state index contributed by atoms with van der Waals surface area (Å²) in [5.74, 6) is 0.406. The van der Waals surface area contributed by atoms with Gasteiger partial charge in [-0.05, 0) is 37.0 Å². The van der Waals surface area contributed by atoms with Gasteiger partial charge >= 0.3 is 0 Å². The number of aryl methyl sites for hydroxylation is 1. The van der Waals surface area contributed by atoms with Gasteiger partial charge < -0.3 is 0 Å². The summed E-state index contributed by atoms with van der Waals surface area (Å²) in [6, 6.07) is 7.73. The zero-order chi connectivity index (χ0) is 14.9. The fraction of sp³-hybridized carbons (Fsp3) is 0.333. The molecule has 0 N–H and O–H groups in total. The Balaban J connectivity index is 2.54. The van der Waals surface area contributed by atoms with E-state index in [4.69, 9.17) is 23.2 Å². The Morgan fingerprint density at radius 2 is 2.05 bits per heavy atom. The third-order valence-corrected chi connectivity index (χ3v) is 3.77. The number of halogens is 2. The van der Waals surface area contributed by atoms with Gasteiger partial charge in [0.2, 0.25) is 0 Å². The Hall–Kier alpha value is -1.50. The van der Waals surface area contributed by atoms with Crippen LogP contribution in [-0.2, 0) is 6.42 Å². The van der Waals surface area contributed by atoms with Crippen molar-refractivity contribution in [3.05, 3.63) is 45.2 Å². The van der Waals surface area contributed by atoms with Gasteiger partial charge in [-0.2, -0.15) is 10.4 Å². The Labute approximate surface area is 128 Å². The molecule has 0 aliphatic heterocycles. The van der Waals surface area contributed by atoms with Crippen molar-refractivity contribution < 1.29 is 0 Å². The van der Waals surface area contributed by atoms with Gasteiger partial charge in [-0.25, -0.2) is 4.68 Å². The van der Waals surface area contributed by atoms with Crippen LogP contribution in [0.15, 0.2) is 18.2 Å². The van der Waals surface area contributed by atoms with Crippen LogP contribution in [0.2, 0.25) is 10.2 Å². The lowest BCUT2D eigenvalue weighted by Crippen LogP contribution is -2.00. The SMILES string of the molecule is Cc1ccc(-n2nc(CC(C)C)c(C#N)c2Cl)cc1Cl. The van der Waals surface area contributed by atoms with Gasteiger partial charge in [0.05, 0.1) is 11.4 Å². The van der Waals surface area contributed by atoms with Crippen LogP contribution < -0.4 is 0 Å². The van der Waals surface area contributed by atoms with Crippen LogP contribution in [0.4, 0.5) is 0 Å². The van der Waals surface area contributed by atoms with Crippen LogP contribution in [0.3, 0.4) is 0 Å². The maximum absolute atomic E-state index is 9.26. The summed E-state index contributed by atoms with van der Waals surface area (Å²) in [7, 11) is 0. The first-order valence-electron chi connectivity index (χ1n) is 6.38. The zero-order valence-electron chi connectivity index (χ0n) is 11.6. The summed E-state index contributed by atoms with van der Waals surface area (Å²) in [4.78, 5) is 0. The van der Waals surface area contributed by atoms with E-state index in [1.54, 1.807) is 10.7 Å². The first-order chi connectivity index (χ1) is 9.43. The molecule has 0 aliphatic rings. The molecule has 2 aromatic rings. The molecule has 0 radical (unpaired) electrons. The highest BCUT2D eigenvalue weighted by Crippen LogP contribution is 2.27. The van der Waals surface area contributed by atoms with Crippen LogP contribution in [0.5, 0.6) is 0 Å². The molecule has 0 atom stereocenters. The fourth-order valence-corrected chi connectivity index (χ4v) is 2.43. The number of rotatable bonds is 3. The largest absolute Gasteiger partial charge is 0.220 e. The Bertz CT molecular complexity index is 681. The Morgan fingerprint density at radius 3 is 2.60 bits per heavy atom. The standard InChI is InChI=1S/C15H15Cl2N3/c1-9(2)6-14-12(8-18)15(17)20(19-14)11-5-4-10(3)13(16)7-11/h4-5,7,9H,6H2,1-3H3. The molecule has 0 unspecified atom stereocenters. The number of nitrogens with zero attached hydrogens (tertiary/aromatic N) is 3. The molecule has 0 amide bonds. The molecule has 5 heteroatoms. The normalized spacial score (nSPS) is 10.8. The minimum absolute atomic E-state index is 0.336. The average molecular weight is 308 g/mol. The van der Waals surface area contributed by atoms with Gasteiger partial charge in [0.25, 0.3) is 0 Å². The number of hydrogen-bond acceptors (Lipinski definition) is 2. The zero-order valence-corrected chi connectivity index (χ0v) is 13.1. The summed E-state index contributed by atoms with van der Waals surface area (Å²) < 4.78 is 1.57. The lowest BCUT2D eigenvalue weighted by molar-refractivity contribution is 0.627. The summed E-state index contributed by atoms with van der Waals surface area (Å²) >= 11 is 12.4. The van der Waals surface area contributed by atoms with Crippen LogP contribution >= 0.6 is 23.2 Å². The van der Waals surface area contributed by atoms with Gasteiger partial charge in [0, 0.05) is 5.02 Å². The topological polar surface area (TPSA) is 41.6 Å². The number of nitriles is 1. The van der Waals surface area contributed by atoms with Crippen LogP contribution in [0.1, 0.15) is 30.7 Å². The van der Waals surface area contributed by atoms with E-state index in [1.165, 1.54) is 0 Å². The predicted molar refractivity (Wildman–Crippen MR) is 81.6 cm³/mol. The monoisotopic (exact) mass is 307 g/mol. The molecule has 0 aliphatic carbocycles. The van der Waals surface area contributed by atoms with E-state index in [0.717, 1.165) is 23.4 Å². The average Bonchev–Trinajstić information content (AvgIpc) is 2.68. The first kappa shape index (κ1) is 14.9. The van der Waals surface area contributed by atoms with E-state index in [9.17, 15) is 5.26 Å². The molecule has 0 saturated carbocycles. The highest BCUT2D eigenvalue weighted by atomic mass is 35.5. The van der Waals surface area contributed by atoms with Crippen molar-refractivity contribution in [1.82, 2.24) is 9.78 Å². The summed E-state index contributed by atoms with van der Waals surface area (Å²) in [5.41, 5.74) is 2.92. The first-order valence-corrected chi connectivity index (χ1v) is 7.13. The molecule has 1 heterocycles. The highest BCUT2D eigenvalue weighted by Gasteiger charge is 2.18. The highest BCUT2D eigenvalue weighted by molar-refractivity contribution is 6.32. The summed E-state index contributed by atoms with van der Waals surface area (Å²) in [5, 5.41) is 14.7. The quantitative estimate of drug-likeness (QED) is 0.834. The van der Waals surface area contributed by atoms with Crippen molar-refractivity contribution in [3.63, 3.8) is 0 Å². The molecule has 104 valence electrons. The molecule has 2 rings (SSSR count). The second-order valence-electron chi connectivity index (χ2n) is 5.17. The molecule has 1 aromatic carbocycles. The summed E-state index contributed by atoms with van der Waals surface area (Å²) in [6.07, 6.45) is 0.717. The number of aromatic nitrogens is 2. The minimum atomic E-state index is 0.336. The van der Waals surface area contributed by atoms with Crippen molar-refractivity contribution in [2.45, 2.75) is 27.2 Å². The minimum Gasteiger partial charge on any atom is -0.220 e. The van der Waals surface area contributed by atoms with Crippen LogP contribution in [-0.4, -0.2) is 9.78 Å². The molecule has 0 saturated heterocycles. The fourth-order valence-electron chi connectivity index (χ4n) is 1.96. The van der Waals surface area contributed by atoms with Crippen molar-refractivity contribution in [2.75, 3.05) is 0 Å². The van der Waals surface area contributed by atoms with E-state index >= 15 is 0 Å². The van der Waals surface area contributed by atoms with E-state index in [-0.39, 0.29) is 0 Å². The molecule has 1 aromatic heterocycles. The summed E-state index contributed by atoms with van der Waals surface area (Å²) in [6.45, 7) is 6.09. The van der Waals surface area contributed by atoms with Crippen molar-refractivity contribution in [1.29, 1.82) is 5.26 Å². The maximum Gasteiger partial charge on any atom is 0.150 e. The van der Waals surface area contributed by atoms with Gasteiger partial charge in [-0.3, -0.25) is 0 Å². The second-order valence-corrected chi connectivity index (χ2v) is 5.93. The molecular weight excluding hydrogens is 293 g/mol. The Morgan fingerprint density at radius 1 is 1.35 bits per heavy atom. The molecule has 0 bridgehead atoms. The van der Waals surface area contributed by atoms with Gasteiger partial charge in [-0.15, -0.1) is 0 Å². The van der Waals surface area contributed by atoms with Gasteiger partial charge in [-0.1, -0.05) is 43.1 Å². The molecule has 0 spiro atoms. The second kappa shape index (κ2) is 5.87. The lowest BCUT2D eigenvalue weighted by Gasteiger charge is -2.05. The molecule has 0 fully saturated rings. The number of hydrogen-bond donors (Lipinski definition) is 0. The van der Waals surface area contributed by atoms with Crippen molar-refractivity contribution in [2.24, 2.45) is 5.92 Å². The lowest BCUT2D eigenvalue weighted by atomic mass is 10.1. The van der Waals surface area contributed by atoms with Crippen molar-refractivity contribution >= 4 is 23.2 Å². The molecule has 20 heavy (non-hydrogen) atoms. The third kappa shape index (κ3) is 2.82. The number of benzene rings is 1. The maximum atomic E-state index is 9.26. The van der Waals surface area contributed by atoms with Crippen LogP contribution in [0, 0.1) is 24.2 Å². The molecule has 3 nitrogen and oxygen atoms in total. The van der Waals surface area contributed by atoms with E-state index in [2.05, 4.69) is 25.0 Å². The van der Waals surface area contributed by atoms with E-state index in [1.807, 2.05) is 19.1 Å².